The number of para-hydroxylation sites is 1. The number of sulfonamides is 1. The lowest BCUT2D eigenvalue weighted by atomic mass is 10.1. The molecule has 1 aromatic heterocycles. The van der Waals surface area contributed by atoms with Gasteiger partial charge in [-0.25, -0.2) is 21.5 Å². The summed E-state index contributed by atoms with van der Waals surface area (Å²) in [5.74, 6) is -3.02. The van der Waals surface area contributed by atoms with Crippen molar-refractivity contribution in [2.45, 2.75) is 23.7 Å². The van der Waals surface area contributed by atoms with Crippen LogP contribution in [0.4, 0.5) is 14.5 Å². The molecule has 0 aliphatic carbocycles. The molecule has 218 valence electrons. The van der Waals surface area contributed by atoms with Crippen LogP contribution in [0, 0.1) is 0 Å². The third-order valence-electron chi connectivity index (χ3n) is 7.13. The van der Waals surface area contributed by atoms with Crippen LogP contribution in [0.2, 0.25) is 0 Å². The summed E-state index contributed by atoms with van der Waals surface area (Å²) < 4.78 is 66.6. The smallest absolute Gasteiger partial charge is 0.266 e. The first kappa shape index (κ1) is 29.9. The van der Waals surface area contributed by atoms with Gasteiger partial charge in [-0.15, -0.1) is 0 Å². The van der Waals surface area contributed by atoms with Crippen LogP contribution in [-0.4, -0.2) is 102 Å². The van der Waals surface area contributed by atoms with Gasteiger partial charge in [-0.3, -0.25) is 4.79 Å². The number of aromatic nitrogens is 1. The van der Waals surface area contributed by atoms with Gasteiger partial charge in [0.2, 0.25) is 15.9 Å². The molecule has 1 fully saturated rings. The molecule has 0 atom stereocenters. The third kappa shape index (κ3) is 6.80. The average molecular weight is 579 g/mol. The Hall–Kier alpha value is -3.06. The van der Waals surface area contributed by atoms with Crippen LogP contribution in [-0.2, 0) is 24.3 Å². The number of hydrogen-bond donors (Lipinski definition) is 1. The Morgan fingerprint density at radius 2 is 1.75 bits per heavy atom. The van der Waals surface area contributed by atoms with Crippen molar-refractivity contribution in [3.8, 4) is 11.3 Å². The van der Waals surface area contributed by atoms with E-state index in [-0.39, 0.29) is 36.7 Å². The number of nitrogens with zero attached hydrogens (tertiary/aromatic N) is 3. The van der Waals surface area contributed by atoms with E-state index in [2.05, 4.69) is 4.98 Å². The van der Waals surface area contributed by atoms with Crippen LogP contribution in [0.1, 0.15) is 12.8 Å². The number of amides is 1. The van der Waals surface area contributed by atoms with Crippen LogP contribution < -0.4 is 4.90 Å². The number of anilines is 1. The second kappa shape index (κ2) is 12.6. The van der Waals surface area contributed by atoms with Gasteiger partial charge in [0.1, 0.15) is 0 Å². The van der Waals surface area contributed by atoms with Crippen molar-refractivity contribution in [1.82, 2.24) is 14.2 Å². The molecule has 2 heterocycles. The molecule has 0 saturated carbocycles. The highest BCUT2D eigenvalue weighted by Gasteiger charge is 2.39. The summed E-state index contributed by atoms with van der Waals surface area (Å²) in [6.45, 7) is 1.16. The first-order valence-corrected chi connectivity index (χ1v) is 14.6. The molecular formula is C28H36F2N4O5S. The standard InChI is InChI=1S/C28H36F2N4O5S/c1-32(12-10-27(35)33(14-16-38-2)15-17-39-3)40(36,37)22-8-9-26(34-13-11-28(29,30)20-34)23(19-22)25-18-21-6-4-5-7-24(21)31-25/h4-9,18-19,31H,10-17,20H2,1-3H3. The summed E-state index contributed by atoms with van der Waals surface area (Å²) in [6.07, 6.45) is -0.277. The van der Waals surface area contributed by atoms with Crippen LogP contribution in [0.5, 0.6) is 0 Å². The summed E-state index contributed by atoms with van der Waals surface area (Å²) in [5, 5.41) is 0.922. The minimum absolute atomic E-state index is 0.0149. The van der Waals surface area contributed by atoms with Crippen molar-refractivity contribution in [1.29, 1.82) is 0 Å². The Kier molecular flexibility index (Phi) is 9.44. The van der Waals surface area contributed by atoms with Crippen molar-refractivity contribution in [2.24, 2.45) is 0 Å². The Morgan fingerprint density at radius 1 is 1.05 bits per heavy atom. The number of methoxy groups -OCH3 is 2. The van der Waals surface area contributed by atoms with Crippen LogP contribution >= 0.6 is 0 Å². The lowest BCUT2D eigenvalue weighted by Gasteiger charge is -2.25. The fourth-order valence-electron chi connectivity index (χ4n) is 4.80. The maximum atomic E-state index is 14.1. The van der Waals surface area contributed by atoms with E-state index in [1.807, 2.05) is 30.3 Å². The second-order valence-electron chi connectivity index (χ2n) is 9.92. The number of aromatic amines is 1. The van der Waals surface area contributed by atoms with Gasteiger partial charge < -0.3 is 24.3 Å². The molecule has 12 heteroatoms. The summed E-state index contributed by atoms with van der Waals surface area (Å²) in [5.41, 5.74) is 2.54. The molecule has 1 amide bonds. The van der Waals surface area contributed by atoms with Gasteiger partial charge in [-0.05, 0) is 30.3 Å². The molecule has 1 aliphatic rings. The summed E-state index contributed by atoms with van der Waals surface area (Å²) in [4.78, 5) is 19.3. The number of H-pyrrole nitrogens is 1. The molecule has 1 aliphatic heterocycles. The molecule has 9 nitrogen and oxygen atoms in total. The van der Waals surface area contributed by atoms with E-state index in [4.69, 9.17) is 9.47 Å². The topological polar surface area (TPSA) is 95.2 Å². The van der Waals surface area contributed by atoms with Gasteiger partial charge in [-0.2, -0.15) is 0 Å². The zero-order valence-corrected chi connectivity index (χ0v) is 23.8. The largest absolute Gasteiger partial charge is 0.383 e. The van der Waals surface area contributed by atoms with E-state index in [1.165, 1.54) is 19.2 Å². The van der Waals surface area contributed by atoms with E-state index in [1.54, 1.807) is 30.1 Å². The van der Waals surface area contributed by atoms with E-state index >= 15 is 0 Å². The first-order valence-electron chi connectivity index (χ1n) is 13.1. The molecule has 2 aromatic carbocycles. The zero-order chi connectivity index (χ0) is 28.9. The highest BCUT2D eigenvalue weighted by atomic mass is 32.2. The number of ether oxygens (including phenoxy) is 2. The summed E-state index contributed by atoms with van der Waals surface area (Å²) >= 11 is 0. The number of rotatable bonds is 13. The van der Waals surface area contributed by atoms with Crippen molar-refractivity contribution in [3.63, 3.8) is 0 Å². The zero-order valence-electron chi connectivity index (χ0n) is 23.0. The fraction of sp³-hybridized carbons (Fsp3) is 0.464. The lowest BCUT2D eigenvalue weighted by molar-refractivity contribution is -0.132. The number of alkyl halides is 2. The second-order valence-corrected chi connectivity index (χ2v) is 12.0. The minimum Gasteiger partial charge on any atom is -0.383 e. The summed E-state index contributed by atoms with van der Waals surface area (Å²) in [6, 6.07) is 14.0. The van der Waals surface area contributed by atoms with Crippen molar-refractivity contribution >= 4 is 32.5 Å². The monoisotopic (exact) mass is 578 g/mol. The highest BCUT2D eigenvalue weighted by molar-refractivity contribution is 7.89. The predicted molar refractivity (Wildman–Crippen MR) is 150 cm³/mol. The maximum Gasteiger partial charge on any atom is 0.266 e. The first-order chi connectivity index (χ1) is 19.1. The van der Waals surface area contributed by atoms with Crippen LogP contribution in [0.25, 0.3) is 22.2 Å². The number of carbonyl (C=O) groups excluding carboxylic acids is 1. The molecule has 0 radical (unpaired) electrons. The molecular weight excluding hydrogens is 542 g/mol. The SMILES string of the molecule is COCCN(CCOC)C(=O)CCN(C)S(=O)(=O)c1ccc(N2CCC(F)(F)C2)c(-c2cc3ccccc3[nH]2)c1. The Balaban J connectivity index is 1.60. The lowest BCUT2D eigenvalue weighted by Crippen LogP contribution is -2.39. The third-order valence-corrected chi connectivity index (χ3v) is 8.98. The van der Waals surface area contributed by atoms with Crippen molar-refractivity contribution < 1.29 is 31.5 Å². The molecule has 4 rings (SSSR count). The highest BCUT2D eigenvalue weighted by Crippen LogP contribution is 2.39. The van der Waals surface area contributed by atoms with E-state index in [0.717, 1.165) is 15.2 Å². The van der Waals surface area contributed by atoms with Gasteiger partial charge in [0.25, 0.3) is 5.92 Å². The summed E-state index contributed by atoms with van der Waals surface area (Å²) in [7, 11) is 0.531. The van der Waals surface area contributed by atoms with Gasteiger partial charge in [-0.1, -0.05) is 18.2 Å². The van der Waals surface area contributed by atoms with Gasteiger partial charge in [0.15, 0.2) is 0 Å². The van der Waals surface area contributed by atoms with E-state index in [0.29, 0.717) is 43.2 Å². The normalized spacial score (nSPS) is 15.3. The van der Waals surface area contributed by atoms with Gasteiger partial charge in [0, 0.05) is 88.1 Å². The predicted octanol–water partition coefficient (Wildman–Crippen LogP) is 3.81. The minimum atomic E-state index is -3.99. The Labute approximate surface area is 233 Å². The van der Waals surface area contributed by atoms with Crippen LogP contribution in [0.15, 0.2) is 53.4 Å². The molecule has 0 spiro atoms. The Bertz CT molecular complexity index is 1390. The number of nitrogens with one attached hydrogen (secondary N) is 1. The molecule has 1 N–H and O–H groups in total. The van der Waals surface area contributed by atoms with Gasteiger partial charge >= 0.3 is 0 Å². The van der Waals surface area contributed by atoms with Crippen molar-refractivity contribution in [2.75, 3.05) is 72.1 Å². The van der Waals surface area contributed by atoms with Gasteiger partial charge in [0.05, 0.1) is 24.7 Å². The molecule has 0 unspecified atom stereocenters. The molecule has 1 saturated heterocycles. The van der Waals surface area contributed by atoms with E-state index in [9.17, 15) is 22.0 Å². The number of hydrogen-bond acceptors (Lipinski definition) is 6. The number of benzene rings is 2. The molecule has 40 heavy (non-hydrogen) atoms. The maximum absolute atomic E-state index is 14.1. The Morgan fingerprint density at radius 3 is 2.38 bits per heavy atom. The van der Waals surface area contributed by atoms with Crippen molar-refractivity contribution in [3.05, 3.63) is 48.5 Å². The fourth-order valence-corrected chi connectivity index (χ4v) is 6.00. The number of fused-ring (bicyclic) bond motifs is 1. The van der Waals surface area contributed by atoms with Crippen LogP contribution in [0.3, 0.4) is 0 Å². The molecule has 0 bridgehead atoms. The quantitative estimate of drug-likeness (QED) is 0.332. The average Bonchev–Trinajstić information content (AvgIpc) is 3.54. The molecule has 3 aromatic rings. The number of carbonyl (C=O) groups is 1. The number of halogens is 2. The van der Waals surface area contributed by atoms with E-state index < -0.39 is 22.5 Å².